The lowest BCUT2D eigenvalue weighted by molar-refractivity contribution is 0.0560. The van der Waals surface area contributed by atoms with Gasteiger partial charge in [0, 0.05) is 6.04 Å². The van der Waals surface area contributed by atoms with E-state index in [1.165, 1.54) is 6.42 Å². The van der Waals surface area contributed by atoms with Gasteiger partial charge in [-0.3, -0.25) is 0 Å². The predicted molar refractivity (Wildman–Crippen MR) is 55.8 cm³/mol. The Hall–Kier alpha value is -0.0800. The average molecular weight is 185 g/mol. The van der Waals surface area contributed by atoms with Gasteiger partial charge in [0.25, 0.3) is 0 Å². The van der Waals surface area contributed by atoms with Crippen LogP contribution in [0.5, 0.6) is 0 Å². The van der Waals surface area contributed by atoms with Crippen molar-refractivity contribution in [2.24, 2.45) is 11.3 Å². The molecule has 1 fully saturated rings. The Bertz CT molecular complexity index is 165. The molecule has 1 N–H and O–H groups in total. The monoisotopic (exact) mass is 185 g/mol. The molecule has 1 aliphatic carbocycles. The van der Waals surface area contributed by atoms with Crippen LogP contribution in [0.2, 0.25) is 0 Å². The fourth-order valence-electron chi connectivity index (χ4n) is 1.89. The molecule has 13 heavy (non-hydrogen) atoms. The number of hydrogen-bond acceptors (Lipinski definition) is 2. The van der Waals surface area contributed by atoms with Gasteiger partial charge in [0.2, 0.25) is 0 Å². The lowest BCUT2D eigenvalue weighted by Gasteiger charge is -2.19. The lowest BCUT2D eigenvalue weighted by Crippen LogP contribution is -2.34. The molecule has 78 valence electrons. The maximum atomic E-state index is 5.63. The second-order valence-electron chi connectivity index (χ2n) is 5.08. The fraction of sp³-hybridized carbons (Fsp3) is 1.00. The van der Waals surface area contributed by atoms with E-state index in [4.69, 9.17) is 4.74 Å². The molecule has 2 nitrogen and oxygen atoms in total. The Labute approximate surface area is 82.0 Å². The second kappa shape index (κ2) is 3.97. The number of nitrogens with one attached hydrogen (secondary N) is 1. The van der Waals surface area contributed by atoms with Crippen molar-refractivity contribution in [2.45, 2.75) is 46.3 Å². The normalized spacial score (nSPS) is 27.7. The number of likely N-dealkylation sites (N-methyl/N-ethyl adjacent to an activating group) is 1. The lowest BCUT2D eigenvalue weighted by atomic mass is 10.0. The van der Waals surface area contributed by atoms with Gasteiger partial charge in [0.15, 0.2) is 0 Å². The van der Waals surface area contributed by atoms with Crippen LogP contribution >= 0.6 is 0 Å². The Morgan fingerprint density at radius 2 is 2.00 bits per heavy atom. The van der Waals surface area contributed by atoms with Crippen molar-refractivity contribution in [3.05, 3.63) is 0 Å². The maximum Gasteiger partial charge on any atom is 0.0625 e. The van der Waals surface area contributed by atoms with Crippen LogP contribution in [0.4, 0.5) is 0 Å². The van der Waals surface area contributed by atoms with E-state index in [-0.39, 0.29) is 0 Å². The highest BCUT2D eigenvalue weighted by Gasteiger charge is 2.49. The molecule has 0 bridgehead atoms. The Morgan fingerprint density at radius 1 is 1.46 bits per heavy atom. The third-order valence-corrected chi connectivity index (χ3v) is 3.06. The van der Waals surface area contributed by atoms with Crippen LogP contribution in [0.15, 0.2) is 0 Å². The zero-order chi connectivity index (χ0) is 10.1. The van der Waals surface area contributed by atoms with Gasteiger partial charge in [-0.15, -0.1) is 0 Å². The first-order chi connectivity index (χ1) is 5.97. The summed E-state index contributed by atoms with van der Waals surface area (Å²) in [5.41, 5.74) is 0.536. The van der Waals surface area contributed by atoms with Gasteiger partial charge in [-0.2, -0.15) is 0 Å². The molecule has 0 aromatic carbocycles. The van der Waals surface area contributed by atoms with E-state index in [9.17, 15) is 0 Å². The highest BCUT2D eigenvalue weighted by molar-refractivity contribution is 5.01. The van der Waals surface area contributed by atoms with Gasteiger partial charge in [-0.1, -0.05) is 13.8 Å². The smallest absolute Gasteiger partial charge is 0.0625 e. The Kier molecular flexibility index (Phi) is 3.36. The van der Waals surface area contributed by atoms with Crippen molar-refractivity contribution in [1.29, 1.82) is 0 Å². The van der Waals surface area contributed by atoms with Crippen molar-refractivity contribution >= 4 is 0 Å². The minimum atomic E-state index is 0.345. The number of rotatable bonds is 5. The first-order valence-electron chi connectivity index (χ1n) is 5.26. The molecule has 0 aromatic heterocycles. The van der Waals surface area contributed by atoms with Crippen molar-refractivity contribution in [3.8, 4) is 0 Å². The third-order valence-electron chi connectivity index (χ3n) is 3.06. The molecule has 0 radical (unpaired) electrons. The van der Waals surface area contributed by atoms with Crippen LogP contribution in [0.25, 0.3) is 0 Å². The molecule has 1 aliphatic rings. The number of hydrogen-bond donors (Lipinski definition) is 1. The fourth-order valence-corrected chi connectivity index (χ4v) is 1.89. The van der Waals surface area contributed by atoms with Crippen LogP contribution in [-0.4, -0.2) is 25.8 Å². The van der Waals surface area contributed by atoms with Crippen molar-refractivity contribution in [2.75, 3.05) is 13.7 Å². The van der Waals surface area contributed by atoms with E-state index in [1.807, 2.05) is 7.05 Å². The molecule has 2 heteroatoms. The molecule has 0 saturated heterocycles. The molecule has 1 rings (SSSR count). The highest BCUT2D eigenvalue weighted by Crippen LogP contribution is 2.53. The van der Waals surface area contributed by atoms with Gasteiger partial charge in [0.1, 0.15) is 0 Å². The van der Waals surface area contributed by atoms with Crippen LogP contribution in [0, 0.1) is 11.3 Å². The zero-order valence-electron chi connectivity index (χ0n) is 9.55. The summed E-state index contributed by atoms with van der Waals surface area (Å²) in [5.74, 6) is 0.802. The predicted octanol–water partition coefficient (Wildman–Crippen LogP) is 2.05. The summed E-state index contributed by atoms with van der Waals surface area (Å²) in [4.78, 5) is 0. The van der Waals surface area contributed by atoms with Crippen molar-refractivity contribution in [1.82, 2.24) is 5.32 Å². The minimum absolute atomic E-state index is 0.345. The molecule has 0 heterocycles. The summed E-state index contributed by atoms with van der Waals surface area (Å²) in [7, 11) is 2.03. The quantitative estimate of drug-likeness (QED) is 0.708. The molecule has 0 aromatic rings. The van der Waals surface area contributed by atoms with E-state index < -0.39 is 0 Å². The van der Waals surface area contributed by atoms with Crippen LogP contribution < -0.4 is 5.32 Å². The van der Waals surface area contributed by atoms with E-state index in [0.717, 1.165) is 12.5 Å². The van der Waals surface area contributed by atoms with Gasteiger partial charge in [-0.25, -0.2) is 0 Å². The first-order valence-corrected chi connectivity index (χ1v) is 5.26. The highest BCUT2D eigenvalue weighted by atomic mass is 16.5. The topological polar surface area (TPSA) is 21.3 Å². The van der Waals surface area contributed by atoms with E-state index in [0.29, 0.717) is 17.6 Å². The molecule has 2 unspecified atom stereocenters. The first kappa shape index (κ1) is 11.0. The van der Waals surface area contributed by atoms with Gasteiger partial charge in [0.05, 0.1) is 12.7 Å². The SMILES string of the molecule is CNC(COC(C)C)C1CC1(C)C. The summed E-state index contributed by atoms with van der Waals surface area (Å²) in [6.45, 7) is 9.69. The maximum absolute atomic E-state index is 5.63. The van der Waals surface area contributed by atoms with Crippen LogP contribution in [0.1, 0.15) is 34.1 Å². The summed E-state index contributed by atoms with van der Waals surface area (Å²) in [6.07, 6.45) is 1.68. The average Bonchev–Trinajstić information content (AvgIpc) is 2.61. The number of ether oxygens (including phenoxy) is 1. The van der Waals surface area contributed by atoms with E-state index in [1.54, 1.807) is 0 Å². The van der Waals surface area contributed by atoms with E-state index in [2.05, 4.69) is 33.0 Å². The molecule has 2 atom stereocenters. The zero-order valence-corrected chi connectivity index (χ0v) is 9.55. The minimum Gasteiger partial charge on any atom is -0.377 e. The van der Waals surface area contributed by atoms with E-state index >= 15 is 0 Å². The van der Waals surface area contributed by atoms with Crippen LogP contribution in [0.3, 0.4) is 0 Å². The summed E-state index contributed by atoms with van der Waals surface area (Å²) in [5, 5.41) is 3.35. The summed E-state index contributed by atoms with van der Waals surface area (Å²) >= 11 is 0. The summed E-state index contributed by atoms with van der Waals surface area (Å²) in [6, 6.07) is 0.539. The second-order valence-corrected chi connectivity index (χ2v) is 5.08. The Morgan fingerprint density at radius 3 is 2.31 bits per heavy atom. The molecular formula is C11H23NO. The molecule has 1 saturated carbocycles. The third kappa shape index (κ3) is 2.96. The van der Waals surface area contributed by atoms with Gasteiger partial charge in [-0.05, 0) is 38.6 Å². The molecule has 0 aliphatic heterocycles. The Balaban J connectivity index is 2.29. The molecular weight excluding hydrogens is 162 g/mol. The van der Waals surface area contributed by atoms with Gasteiger partial charge < -0.3 is 10.1 Å². The van der Waals surface area contributed by atoms with Gasteiger partial charge >= 0.3 is 0 Å². The largest absolute Gasteiger partial charge is 0.377 e. The van der Waals surface area contributed by atoms with Crippen molar-refractivity contribution in [3.63, 3.8) is 0 Å². The summed E-state index contributed by atoms with van der Waals surface area (Å²) < 4.78 is 5.63. The van der Waals surface area contributed by atoms with Crippen LogP contribution in [-0.2, 0) is 4.74 Å². The van der Waals surface area contributed by atoms with Crippen molar-refractivity contribution < 1.29 is 4.74 Å². The molecule has 0 spiro atoms. The molecule has 0 amide bonds. The standard InChI is InChI=1S/C11H23NO/c1-8(2)13-7-10(12-5)9-6-11(9,3)4/h8-10,12H,6-7H2,1-5H3.